The van der Waals surface area contributed by atoms with Gasteiger partial charge in [-0.3, -0.25) is 0 Å². The fourth-order valence-corrected chi connectivity index (χ4v) is 6.99. The minimum absolute atomic E-state index is 0.0484. The number of ether oxygens (including phenoxy) is 2. The van der Waals surface area contributed by atoms with E-state index in [1.54, 1.807) is 0 Å². The zero-order chi connectivity index (χ0) is 16.6. The van der Waals surface area contributed by atoms with Gasteiger partial charge in [0.25, 0.3) is 0 Å². The van der Waals surface area contributed by atoms with Crippen molar-refractivity contribution in [3.63, 3.8) is 0 Å². The summed E-state index contributed by atoms with van der Waals surface area (Å²) in [5.74, 6) is 1.97. The predicted octanol–water partition coefficient (Wildman–Crippen LogP) is 4.72. The maximum absolute atomic E-state index is 6.81. The van der Waals surface area contributed by atoms with Gasteiger partial charge in [0.05, 0.1) is 17.3 Å². The zero-order valence-corrected chi connectivity index (χ0v) is 17.7. The SMILES string of the molecule is CC1(C)OC[C@H]([C@@H](O[Si](C)(C)C(C)(C)C)C2SCCCS2)O1. The summed E-state index contributed by atoms with van der Waals surface area (Å²) in [7, 11) is -1.83. The van der Waals surface area contributed by atoms with Crippen LogP contribution in [0.15, 0.2) is 0 Å². The first kappa shape index (κ1) is 19.1. The Labute approximate surface area is 145 Å². The Morgan fingerprint density at radius 2 is 1.77 bits per heavy atom. The molecule has 0 radical (unpaired) electrons. The first-order valence-corrected chi connectivity index (χ1v) is 13.3. The summed E-state index contributed by atoms with van der Waals surface area (Å²) >= 11 is 4.07. The van der Waals surface area contributed by atoms with E-state index in [0.717, 1.165) is 0 Å². The molecule has 2 fully saturated rings. The van der Waals surface area contributed by atoms with E-state index >= 15 is 0 Å². The minimum Gasteiger partial charge on any atom is -0.409 e. The fourth-order valence-electron chi connectivity index (χ4n) is 2.40. The van der Waals surface area contributed by atoms with Crippen molar-refractivity contribution in [1.29, 1.82) is 0 Å². The monoisotopic (exact) mass is 364 g/mol. The van der Waals surface area contributed by atoms with Crippen LogP contribution < -0.4 is 0 Å². The third-order valence-electron chi connectivity index (χ3n) is 4.75. The highest BCUT2D eigenvalue weighted by Crippen LogP contribution is 2.43. The standard InChI is InChI=1S/C16H32O3S2Si/c1-15(2,3)22(6,7)19-13(14-20-9-8-10-21-14)12-11-17-16(4,5)18-12/h12-14H,8-11H2,1-7H3/t12-,13-/m1/s1. The molecule has 0 amide bonds. The maximum Gasteiger partial charge on any atom is 0.192 e. The average molecular weight is 365 g/mol. The predicted molar refractivity (Wildman–Crippen MR) is 100 cm³/mol. The molecule has 0 aliphatic carbocycles. The molecule has 2 atom stereocenters. The second-order valence-electron chi connectivity index (χ2n) is 8.17. The molecule has 6 heteroatoms. The van der Waals surface area contributed by atoms with Crippen molar-refractivity contribution < 1.29 is 13.9 Å². The van der Waals surface area contributed by atoms with Gasteiger partial charge < -0.3 is 13.9 Å². The van der Waals surface area contributed by atoms with Crippen LogP contribution in [-0.4, -0.2) is 49.0 Å². The molecule has 0 spiro atoms. The Bertz CT molecular complexity index is 376. The van der Waals surface area contributed by atoms with E-state index in [4.69, 9.17) is 13.9 Å². The van der Waals surface area contributed by atoms with E-state index in [1.807, 2.05) is 37.4 Å². The van der Waals surface area contributed by atoms with E-state index in [1.165, 1.54) is 17.9 Å². The van der Waals surface area contributed by atoms with Crippen molar-refractivity contribution in [3.8, 4) is 0 Å². The van der Waals surface area contributed by atoms with Gasteiger partial charge in [-0.2, -0.15) is 0 Å². The summed E-state index contributed by atoms with van der Waals surface area (Å²) < 4.78 is 19.3. The molecule has 2 rings (SSSR count). The van der Waals surface area contributed by atoms with Gasteiger partial charge in [-0.15, -0.1) is 23.5 Å². The van der Waals surface area contributed by atoms with Gasteiger partial charge in [-0.05, 0) is 49.9 Å². The van der Waals surface area contributed by atoms with Crippen molar-refractivity contribution in [3.05, 3.63) is 0 Å². The van der Waals surface area contributed by atoms with Crippen LogP contribution in [0, 0.1) is 0 Å². The third kappa shape index (κ3) is 4.67. The summed E-state index contributed by atoms with van der Waals surface area (Å²) in [5, 5.41) is 0.213. The first-order chi connectivity index (χ1) is 10.0. The summed E-state index contributed by atoms with van der Waals surface area (Å²) in [5.41, 5.74) is 0. The van der Waals surface area contributed by atoms with E-state index in [9.17, 15) is 0 Å². The van der Waals surface area contributed by atoms with Crippen molar-refractivity contribution in [2.75, 3.05) is 18.1 Å². The van der Waals surface area contributed by atoms with E-state index in [2.05, 4.69) is 33.9 Å². The van der Waals surface area contributed by atoms with Gasteiger partial charge in [0.15, 0.2) is 14.1 Å². The van der Waals surface area contributed by atoms with Crippen LogP contribution in [0.3, 0.4) is 0 Å². The molecule has 2 aliphatic rings. The highest BCUT2D eigenvalue weighted by Gasteiger charge is 2.47. The van der Waals surface area contributed by atoms with Crippen LogP contribution in [-0.2, 0) is 13.9 Å². The van der Waals surface area contributed by atoms with Crippen LogP contribution in [0.5, 0.6) is 0 Å². The van der Waals surface area contributed by atoms with Crippen LogP contribution in [0.1, 0.15) is 41.0 Å². The molecule has 0 aromatic rings. The molecule has 3 nitrogen and oxygen atoms in total. The molecule has 2 heterocycles. The number of thioether (sulfide) groups is 2. The van der Waals surface area contributed by atoms with Crippen LogP contribution >= 0.6 is 23.5 Å². The average Bonchev–Trinajstić information content (AvgIpc) is 2.76. The first-order valence-electron chi connectivity index (χ1n) is 8.25. The molecule has 0 unspecified atom stereocenters. The summed E-state index contributed by atoms with van der Waals surface area (Å²) in [4.78, 5) is 0. The quantitative estimate of drug-likeness (QED) is 0.673. The molecule has 2 aliphatic heterocycles. The minimum atomic E-state index is -1.83. The lowest BCUT2D eigenvalue weighted by molar-refractivity contribution is -0.148. The van der Waals surface area contributed by atoms with Gasteiger partial charge in [-0.25, -0.2) is 0 Å². The number of rotatable bonds is 4. The van der Waals surface area contributed by atoms with Gasteiger partial charge >= 0.3 is 0 Å². The maximum atomic E-state index is 6.81. The number of hydrogen-bond donors (Lipinski definition) is 0. The Morgan fingerprint density at radius 1 is 1.18 bits per heavy atom. The highest BCUT2D eigenvalue weighted by atomic mass is 32.2. The second-order valence-corrected chi connectivity index (χ2v) is 15.7. The van der Waals surface area contributed by atoms with Crippen LogP contribution in [0.2, 0.25) is 18.1 Å². The van der Waals surface area contributed by atoms with Crippen molar-refractivity contribution in [1.82, 2.24) is 0 Å². The summed E-state index contributed by atoms with van der Waals surface area (Å²) in [6, 6.07) is 0. The van der Waals surface area contributed by atoms with Crippen molar-refractivity contribution in [2.24, 2.45) is 0 Å². The Hall–Kier alpha value is 0.797. The lowest BCUT2D eigenvalue weighted by Gasteiger charge is -2.43. The second kappa shape index (κ2) is 6.96. The van der Waals surface area contributed by atoms with Crippen LogP contribution in [0.25, 0.3) is 0 Å². The largest absolute Gasteiger partial charge is 0.409 e. The molecule has 0 saturated carbocycles. The van der Waals surface area contributed by atoms with Gasteiger partial charge in [0, 0.05) is 0 Å². The lowest BCUT2D eigenvalue weighted by atomic mass is 10.2. The molecular weight excluding hydrogens is 332 g/mol. The molecule has 0 N–H and O–H groups in total. The van der Waals surface area contributed by atoms with Gasteiger partial charge in [0.2, 0.25) is 0 Å². The Morgan fingerprint density at radius 3 is 2.23 bits per heavy atom. The molecule has 2 saturated heterocycles. The molecular formula is C16H32O3S2Si. The smallest absolute Gasteiger partial charge is 0.192 e. The highest BCUT2D eigenvalue weighted by molar-refractivity contribution is 8.17. The zero-order valence-electron chi connectivity index (χ0n) is 15.1. The Kier molecular flexibility index (Phi) is 6.05. The van der Waals surface area contributed by atoms with E-state index in [0.29, 0.717) is 11.2 Å². The molecule has 22 heavy (non-hydrogen) atoms. The molecule has 130 valence electrons. The number of hydrogen-bond acceptors (Lipinski definition) is 5. The van der Waals surface area contributed by atoms with Crippen molar-refractivity contribution in [2.45, 2.75) is 81.7 Å². The van der Waals surface area contributed by atoms with Crippen LogP contribution in [0.4, 0.5) is 0 Å². The molecule has 0 aromatic carbocycles. The molecule has 0 aromatic heterocycles. The summed E-state index contributed by atoms with van der Waals surface area (Å²) in [6.45, 7) is 16.2. The van der Waals surface area contributed by atoms with Crippen molar-refractivity contribution >= 4 is 31.8 Å². The van der Waals surface area contributed by atoms with E-state index < -0.39 is 14.1 Å². The lowest BCUT2D eigenvalue weighted by Crippen LogP contribution is -2.51. The third-order valence-corrected chi connectivity index (χ3v) is 12.3. The topological polar surface area (TPSA) is 27.7 Å². The van der Waals surface area contributed by atoms with E-state index in [-0.39, 0.29) is 17.2 Å². The van der Waals surface area contributed by atoms with Gasteiger partial charge in [0.1, 0.15) is 6.10 Å². The Balaban J connectivity index is 2.15. The fraction of sp³-hybridized carbons (Fsp3) is 1.00. The summed E-state index contributed by atoms with van der Waals surface area (Å²) in [6.07, 6.45) is 1.47. The normalized spacial score (nSPS) is 28.8. The van der Waals surface area contributed by atoms with Gasteiger partial charge in [-0.1, -0.05) is 20.8 Å². The molecule has 0 bridgehead atoms.